The van der Waals surface area contributed by atoms with Crippen LogP contribution >= 0.6 is 22.6 Å². The molecule has 0 aliphatic rings. The number of amides is 1. The van der Waals surface area contributed by atoms with E-state index in [9.17, 15) is 9.90 Å². The molecule has 0 aromatic heterocycles. The quantitative estimate of drug-likeness (QED) is 0.231. The number of ether oxygens (including phenoxy) is 1. The van der Waals surface area contributed by atoms with Gasteiger partial charge in [0.2, 0.25) is 0 Å². The standard InChI is InChI=1S/C31H40INO3/c1-8-30(4,5)21-14-15-27(25(18-21)31(6,7)9-2)36-20(3)16-17-33-29(35)24-19-26(32)22-12-10-11-13-23(22)28(24)34/h10-15,18-20,34H,8-9,16-17H2,1-7H3,(H,33,35). The number of hydrogen-bond acceptors (Lipinski definition) is 3. The van der Waals surface area contributed by atoms with E-state index in [1.54, 1.807) is 6.07 Å². The van der Waals surface area contributed by atoms with Crippen LogP contribution in [-0.2, 0) is 10.8 Å². The van der Waals surface area contributed by atoms with Gasteiger partial charge in [0.15, 0.2) is 0 Å². The zero-order chi connectivity index (χ0) is 26.7. The molecule has 0 bridgehead atoms. The third-order valence-electron chi connectivity index (χ3n) is 7.63. The second kappa shape index (κ2) is 11.4. The zero-order valence-corrected chi connectivity index (χ0v) is 24.8. The molecule has 2 N–H and O–H groups in total. The Morgan fingerprint density at radius 2 is 1.64 bits per heavy atom. The summed E-state index contributed by atoms with van der Waals surface area (Å²) in [6.45, 7) is 16.0. The minimum Gasteiger partial charge on any atom is -0.506 e. The van der Waals surface area contributed by atoms with Crippen LogP contribution in [-0.4, -0.2) is 23.7 Å². The summed E-state index contributed by atoms with van der Waals surface area (Å²) < 4.78 is 7.36. The molecule has 3 aromatic rings. The molecule has 0 aliphatic carbocycles. The molecule has 0 spiro atoms. The molecule has 4 nitrogen and oxygen atoms in total. The molecule has 1 atom stereocenters. The Hall–Kier alpha value is -2.28. The maximum absolute atomic E-state index is 12.9. The van der Waals surface area contributed by atoms with Gasteiger partial charge in [0, 0.05) is 27.5 Å². The van der Waals surface area contributed by atoms with Gasteiger partial charge in [0.1, 0.15) is 11.5 Å². The molecular weight excluding hydrogens is 561 g/mol. The van der Waals surface area contributed by atoms with E-state index >= 15 is 0 Å². The van der Waals surface area contributed by atoms with Crippen molar-refractivity contribution in [2.24, 2.45) is 0 Å². The molecule has 1 amide bonds. The van der Waals surface area contributed by atoms with E-state index in [2.05, 4.69) is 87.6 Å². The Kier molecular flexibility index (Phi) is 8.97. The summed E-state index contributed by atoms with van der Waals surface area (Å²) in [6.07, 6.45) is 2.66. The number of rotatable bonds is 10. The number of hydrogen-bond donors (Lipinski definition) is 2. The minimum atomic E-state index is -0.276. The van der Waals surface area contributed by atoms with Crippen molar-refractivity contribution in [3.63, 3.8) is 0 Å². The van der Waals surface area contributed by atoms with Crippen molar-refractivity contribution in [2.45, 2.75) is 84.7 Å². The van der Waals surface area contributed by atoms with Gasteiger partial charge in [-0.2, -0.15) is 0 Å². The van der Waals surface area contributed by atoms with Gasteiger partial charge in [0.05, 0.1) is 11.7 Å². The van der Waals surface area contributed by atoms with Crippen molar-refractivity contribution < 1.29 is 14.6 Å². The van der Waals surface area contributed by atoms with E-state index in [4.69, 9.17) is 4.74 Å². The number of nitrogens with one attached hydrogen (secondary N) is 1. The lowest BCUT2D eigenvalue weighted by Gasteiger charge is -2.31. The molecule has 0 heterocycles. The monoisotopic (exact) mass is 601 g/mol. The Balaban J connectivity index is 1.70. The number of halogens is 1. The molecular formula is C31H40INO3. The average Bonchev–Trinajstić information content (AvgIpc) is 2.86. The lowest BCUT2D eigenvalue weighted by Crippen LogP contribution is -2.29. The normalized spacial score (nSPS) is 13.0. The maximum Gasteiger partial charge on any atom is 0.255 e. The third-order valence-corrected chi connectivity index (χ3v) is 8.53. The molecule has 194 valence electrons. The molecule has 0 saturated carbocycles. The Morgan fingerprint density at radius 1 is 1.00 bits per heavy atom. The molecule has 0 aliphatic heterocycles. The van der Waals surface area contributed by atoms with Gasteiger partial charge >= 0.3 is 0 Å². The first kappa shape index (κ1) is 28.3. The zero-order valence-electron chi connectivity index (χ0n) is 22.7. The second-order valence-corrected chi connectivity index (χ2v) is 12.1. The van der Waals surface area contributed by atoms with E-state index in [1.165, 1.54) is 11.1 Å². The maximum atomic E-state index is 12.9. The fraction of sp³-hybridized carbons (Fsp3) is 0.452. The number of benzene rings is 3. The smallest absolute Gasteiger partial charge is 0.255 e. The van der Waals surface area contributed by atoms with Gasteiger partial charge in [-0.1, -0.05) is 77.9 Å². The average molecular weight is 602 g/mol. The van der Waals surface area contributed by atoms with E-state index in [1.807, 2.05) is 31.2 Å². The first-order chi connectivity index (χ1) is 16.9. The fourth-order valence-electron chi connectivity index (χ4n) is 4.23. The van der Waals surface area contributed by atoms with Crippen LogP contribution < -0.4 is 10.1 Å². The number of phenols is 1. The summed E-state index contributed by atoms with van der Waals surface area (Å²) in [5, 5.41) is 15.3. The van der Waals surface area contributed by atoms with Gasteiger partial charge in [-0.05, 0) is 76.3 Å². The summed E-state index contributed by atoms with van der Waals surface area (Å²) in [4.78, 5) is 12.9. The topological polar surface area (TPSA) is 58.6 Å². The van der Waals surface area contributed by atoms with Gasteiger partial charge in [-0.3, -0.25) is 4.79 Å². The van der Waals surface area contributed by atoms with Crippen LogP contribution in [0.3, 0.4) is 0 Å². The molecule has 3 rings (SSSR count). The highest BCUT2D eigenvalue weighted by Crippen LogP contribution is 2.39. The molecule has 3 aromatic carbocycles. The predicted molar refractivity (Wildman–Crippen MR) is 158 cm³/mol. The van der Waals surface area contributed by atoms with Crippen LogP contribution in [0, 0.1) is 3.57 Å². The number of aromatic hydroxyl groups is 1. The van der Waals surface area contributed by atoms with Crippen molar-refractivity contribution in [2.75, 3.05) is 6.54 Å². The van der Waals surface area contributed by atoms with Crippen molar-refractivity contribution in [3.8, 4) is 11.5 Å². The van der Waals surface area contributed by atoms with Gasteiger partial charge in [-0.15, -0.1) is 0 Å². The summed E-state index contributed by atoms with van der Waals surface area (Å²) in [6, 6.07) is 15.9. The fourth-order valence-corrected chi connectivity index (χ4v) is 5.01. The van der Waals surface area contributed by atoms with Crippen LogP contribution in [0.2, 0.25) is 0 Å². The van der Waals surface area contributed by atoms with Gasteiger partial charge < -0.3 is 15.2 Å². The first-order valence-electron chi connectivity index (χ1n) is 12.9. The summed E-state index contributed by atoms with van der Waals surface area (Å²) in [7, 11) is 0. The molecule has 0 saturated heterocycles. The van der Waals surface area contributed by atoms with E-state index in [-0.39, 0.29) is 28.6 Å². The van der Waals surface area contributed by atoms with Gasteiger partial charge in [-0.25, -0.2) is 0 Å². The van der Waals surface area contributed by atoms with Crippen LogP contribution in [0.1, 0.15) is 89.2 Å². The van der Waals surface area contributed by atoms with E-state index in [0.29, 0.717) is 23.9 Å². The highest BCUT2D eigenvalue weighted by molar-refractivity contribution is 14.1. The number of phenolic OH excluding ortho intramolecular Hbond substituents is 1. The molecule has 1 unspecified atom stereocenters. The van der Waals surface area contributed by atoms with Crippen LogP contribution in [0.5, 0.6) is 11.5 Å². The Labute approximate surface area is 230 Å². The molecule has 5 heteroatoms. The first-order valence-corrected chi connectivity index (χ1v) is 14.0. The Bertz CT molecular complexity index is 1230. The summed E-state index contributed by atoms with van der Waals surface area (Å²) >= 11 is 2.21. The highest BCUT2D eigenvalue weighted by atomic mass is 127. The Morgan fingerprint density at radius 3 is 2.28 bits per heavy atom. The van der Waals surface area contributed by atoms with Crippen LogP contribution in [0.25, 0.3) is 10.8 Å². The highest BCUT2D eigenvalue weighted by Gasteiger charge is 2.27. The van der Waals surface area contributed by atoms with E-state index < -0.39 is 0 Å². The third kappa shape index (κ3) is 6.16. The van der Waals surface area contributed by atoms with Crippen LogP contribution in [0.15, 0.2) is 48.5 Å². The second-order valence-electron chi connectivity index (χ2n) is 11.0. The van der Waals surface area contributed by atoms with Crippen molar-refractivity contribution in [1.29, 1.82) is 0 Å². The van der Waals surface area contributed by atoms with Crippen molar-refractivity contribution in [1.82, 2.24) is 5.32 Å². The molecule has 0 fully saturated rings. The van der Waals surface area contributed by atoms with Crippen LogP contribution in [0.4, 0.5) is 0 Å². The SMILES string of the molecule is CCC(C)(C)c1ccc(OC(C)CCNC(=O)c2cc(I)c3ccccc3c2O)c(C(C)(C)CC)c1. The van der Waals surface area contributed by atoms with Crippen molar-refractivity contribution >= 4 is 39.3 Å². The minimum absolute atomic E-state index is 0.00610. The number of fused-ring (bicyclic) bond motifs is 1. The molecule has 0 radical (unpaired) electrons. The van der Waals surface area contributed by atoms with Gasteiger partial charge in [0.25, 0.3) is 5.91 Å². The molecule has 36 heavy (non-hydrogen) atoms. The summed E-state index contributed by atoms with van der Waals surface area (Å²) in [5.41, 5.74) is 2.97. The predicted octanol–water partition coefficient (Wildman–Crippen LogP) is 8.11. The lowest BCUT2D eigenvalue weighted by molar-refractivity contribution is 0.0945. The van der Waals surface area contributed by atoms with E-state index in [0.717, 1.165) is 27.5 Å². The summed E-state index contributed by atoms with van der Waals surface area (Å²) in [5.74, 6) is 0.662. The lowest BCUT2D eigenvalue weighted by atomic mass is 9.76. The number of carbonyl (C=O) groups excluding carboxylic acids is 1. The number of carbonyl (C=O) groups is 1. The largest absolute Gasteiger partial charge is 0.506 e. The van der Waals surface area contributed by atoms with Crippen molar-refractivity contribution in [3.05, 3.63) is 68.8 Å².